The number of fused-ring (bicyclic) bond motifs is 1. The van der Waals surface area contributed by atoms with Crippen LogP contribution in [-0.4, -0.2) is 28.4 Å². The van der Waals surface area contributed by atoms with Crippen LogP contribution in [0.5, 0.6) is 0 Å². The SMILES string of the molecule is CCOC(=O)C(N)CCn1ncc2ccccc21. The third-order valence-corrected chi connectivity index (χ3v) is 2.79. The van der Waals surface area contributed by atoms with Crippen LogP contribution < -0.4 is 5.73 Å². The van der Waals surface area contributed by atoms with Gasteiger partial charge in [0.15, 0.2) is 0 Å². The quantitative estimate of drug-likeness (QED) is 0.809. The number of hydrogen-bond acceptors (Lipinski definition) is 4. The zero-order valence-electron chi connectivity index (χ0n) is 10.4. The van der Waals surface area contributed by atoms with Gasteiger partial charge in [0.05, 0.1) is 18.3 Å². The molecule has 1 aromatic carbocycles. The Hall–Kier alpha value is -1.88. The average Bonchev–Trinajstić information content (AvgIpc) is 2.79. The molecule has 5 heteroatoms. The Morgan fingerprint density at radius 2 is 2.28 bits per heavy atom. The smallest absolute Gasteiger partial charge is 0.322 e. The fourth-order valence-electron chi connectivity index (χ4n) is 1.83. The van der Waals surface area contributed by atoms with Gasteiger partial charge in [-0.15, -0.1) is 0 Å². The Labute approximate surface area is 106 Å². The third-order valence-electron chi connectivity index (χ3n) is 2.79. The van der Waals surface area contributed by atoms with Crippen molar-refractivity contribution in [2.24, 2.45) is 5.73 Å². The molecule has 2 aromatic rings. The van der Waals surface area contributed by atoms with Crippen LogP contribution in [-0.2, 0) is 16.1 Å². The lowest BCUT2D eigenvalue weighted by molar-refractivity contribution is -0.144. The molecule has 0 saturated heterocycles. The van der Waals surface area contributed by atoms with Crippen LogP contribution in [0.3, 0.4) is 0 Å². The third kappa shape index (κ3) is 2.68. The number of esters is 1. The van der Waals surface area contributed by atoms with Crippen molar-refractivity contribution in [3.05, 3.63) is 30.5 Å². The number of carbonyl (C=O) groups excluding carboxylic acids is 1. The molecule has 0 spiro atoms. The molecule has 1 unspecified atom stereocenters. The van der Waals surface area contributed by atoms with Crippen LogP contribution in [0.25, 0.3) is 10.9 Å². The molecule has 1 atom stereocenters. The number of carbonyl (C=O) groups is 1. The lowest BCUT2D eigenvalue weighted by Gasteiger charge is -2.10. The van der Waals surface area contributed by atoms with Gasteiger partial charge in [0.25, 0.3) is 0 Å². The highest BCUT2D eigenvalue weighted by Crippen LogP contribution is 2.13. The Morgan fingerprint density at radius 3 is 3.06 bits per heavy atom. The van der Waals surface area contributed by atoms with Gasteiger partial charge in [-0.05, 0) is 19.4 Å². The molecule has 0 saturated carbocycles. The summed E-state index contributed by atoms with van der Waals surface area (Å²) < 4.78 is 6.72. The highest BCUT2D eigenvalue weighted by molar-refractivity contribution is 5.78. The topological polar surface area (TPSA) is 70.1 Å². The minimum absolute atomic E-state index is 0.353. The number of benzene rings is 1. The predicted octanol–water partition coefficient (Wildman–Crippen LogP) is 1.32. The highest BCUT2D eigenvalue weighted by Gasteiger charge is 2.14. The number of para-hydroxylation sites is 1. The van der Waals surface area contributed by atoms with Gasteiger partial charge in [0, 0.05) is 11.9 Å². The molecule has 0 fully saturated rings. The molecule has 2 rings (SSSR count). The maximum absolute atomic E-state index is 11.4. The van der Waals surface area contributed by atoms with E-state index in [9.17, 15) is 4.79 Å². The Balaban J connectivity index is 2.00. The number of nitrogens with zero attached hydrogens (tertiary/aromatic N) is 2. The van der Waals surface area contributed by atoms with Crippen LogP contribution >= 0.6 is 0 Å². The molecular weight excluding hydrogens is 230 g/mol. The monoisotopic (exact) mass is 247 g/mol. The lowest BCUT2D eigenvalue weighted by Crippen LogP contribution is -2.33. The number of rotatable bonds is 5. The van der Waals surface area contributed by atoms with Crippen LogP contribution in [0.1, 0.15) is 13.3 Å². The summed E-state index contributed by atoms with van der Waals surface area (Å²) in [5, 5.41) is 5.37. The molecule has 18 heavy (non-hydrogen) atoms. The van der Waals surface area contributed by atoms with E-state index in [2.05, 4.69) is 5.10 Å². The summed E-state index contributed by atoms with van der Waals surface area (Å²) in [6.45, 7) is 2.73. The van der Waals surface area contributed by atoms with Gasteiger partial charge in [-0.3, -0.25) is 9.48 Å². The molecular formula is C13H17N3O2. The van der Waals surface area contributed by atoms with Gasteiger partial charge < -0.3 is 10.5 Å². The Morgan fingerprint density at radius 1 is 1.50 bits per heavy atom. The zero-order chi connectivity index (χ0) is 13.0. The van der Waals surface area contributed by atoms with Crippen LogP contribution in [0.4, 0.5) is 0 Å². The summed E-state index contributed by atoms with van der Waals surface area (Å²) in [6, 6.07) is 7.35. The predicted molar refractivity (Wildman–Crippen MR) is 69.0 cm³/mol. The first-order valence-electron chi connectivity index (χ1n) is 6.05. The second kappa shape index (κ2) is 5.64. The van der Waals surface area contributed by atoms with Gasteiger partial charge >= 0.3 is 5.97 Å². The molecule has 0 amide bonds. The summed E-state index contributed by atoms with van der Waals surface area (Å²) in [5.41, 5.74) is 6.80. The van der Waals surface area contributed by atoms with E-state index in [-0.39, 0.29) is 5.97 Å². The minimum atomic E-state index is -0.590. The number of aryl methyl sites for hydroxylation is 1. The molecule has 0 bridgehead atoms. The van der Waals surface area contributed by atoms with E-state index < -0.39 is 6.04 Å². The molecule has 1 aromatic heterocycles. The van der Waals surface area contributed by atoms with E-state index in [0.717, 1.165) is 10.9 Å². The first kappa shape index (κ1) is 12.6. The first-order chi connectivity index (χ1) is 8.72. The molecule has 5 nitrogen and oxygen atoms in total. The number of aromatic nitrogens is 2. The summed E-state index contributed by atoms with van der Waals surface area (Å²) in [5.74, 6) is -0.353. The molecule has 0 aliphatic carbocycles. The van der Waals surface area contributed by atoms with Crippen LogP contribution in [0.2, 0.25) is 0 Å². The van der Waals surface area contributed by atoms with Gasteiger partial charge in [-0.25, -0.2) is 0 Å². The fraction of sp³-hybridized carbons (Fsp3) is 0.385. The lowest BCUT2D eigenvalue weighted by atomic mass is 10.2. The van der Waals surface area contributed by atoms with Crippen molar-refractivity contribution in [2.45, 2.75) is 25.9 Å². The van der Waals surface area contributed by atoms with Gasteiger partial charge in [-0.2, -0.15) is 5.10 Å². The normalized spacial score (nSPS) is 12.6. The maximum Gasteiger partial charge on any atom is 0.322 e. The van der Waals surface area contributed by atoms with Crippen molar-refractivity contribution < 1.29 is 9.53 Å². The summed E-state index contributed by atoms with van der Waals surface area (Å²) in [4.78, 5) is 11.4. The van der Waals surface area contributed by atoms with E-state index in [0.29, 0.717) is 19.6 Å². The second-order valence-electron chi connectivity index (χ2n) is 4.07. The van der Waals surface area contributed by atoms with E-state index in [1.165, 1.54) is 0 Å². The van der Waals surface area contributed by atoms with E-state index >= 15 is 0 Å². The molecule has 0 aliphatic rings. The fourth-order valence-corrected chi connectivity index (χ4v) is 1.83. The van der Waals surface area contributed by atoms with Crippen LogP contribution in [0.15, 0.2) is 30.5 Å². The van der Waals surface area contributed by atoms with Crippen molar-refractivity contribution in [1.82, 2.24) is 9.78 Å². The van der Waals surface area contributed by atoms with Gasteiger partial charge in [-0.1, -0.05) is 18.2 Å². The average molecular weight is 247 g/mol. The molecule has 1 heterocycles. The number of nitrogens with two attached hydrogens (primary N) is 1. The first-order valence-corrected chi connectivity index (χ1v) is 6.05. The van der Waals surface area contributed by atoms with E-state index in [1.807, 2.05) is 35.1 Å². The number of hydrogen-bond donors (Lipinski definition) is 1. The van der Waals surface area contributed by atoms with Gasteiger partial charge in [0.1, 0.15) is 6.04 Å². The van der Waals surface area contributed by atoms with Crippen molar-refractivity contribution in [2.75, 3.05) is 6.61 Å². The minimum Gasteiger partial charge on any atom is -0.465 e. The van der Waals surface area contributed by atoms with Crippen molar-refractivity contribution in [3.8, 4) is 0 Å². The standard InChI is InChI=1S/C13H17N3O2/c1-2-18-13(17)11(14)7-8-16-12-6-4-3-5-10(12)9-15-16/h3-6,9,11H,2,7-8,14H2,1H3. The summed E-state index contributed by atoms with van der Waals surface area (Å²) in [7, 11) is 0. The molecule has 0 radical (unpaired) electrons. The van der Waals surface area contributed by atoms with E-state index in [1.54, 1.807) is 6.92 Å². The van der Waals surface area contributed by atoms with Gasteiger partial charge in [0.2, 0.25) is 0 Å². The Bertz CT molecular complexity index is 536. The molecule has 96 valence electrons. The number of ether oxygens (including phenoxy) is 1. The highest BCUT2D eigenvalue weighted by atomic mass is 16.5. The summed E-state index contributed by atoms with van der Waals surface area (Å²) in [6.07, 6.45) is 2.33. The Kier molecular flexibility index (Phi) is 3.94. The van der Waals surface area contributed by atoms with Crippen LogP contribution in [0, 0.1) is 0 Å². The van der Waals surface area contributed by atoms with Crippen molar-refractivity contribution in [3.63, 3.8) is 0 Å². The molecule has 0 aliphatic heterocycles. The molecule has 2 N–H and O–H groups in total. The van der Waals surface area contributed by atoms with Crippen molar-refractivity contribution in [1.29, 1.82) is 0 Å². The van der Waals surface area contributed by atoms with E-state index in [4.69, 9.17) is 10.5 Å². The second-order valence-corrected chi connectivity index (χ2v) is 4.07. The summed E-state index contributed by atoms with van der Waals surface area (Å²) >= 11 is 0. The maximum atomic E-state index is 11.4. The largest absolute Gasteiger partial charge is 0.465 e. The van der Waals surface area contributed by atoms with Crippen molar-refractivity contribution >= 4 is 16.9 Å². The zero-order valence-corrected chi connectivity index (χ0v) is 10.4.